The maximum Gasteiger partial charge on any atom is 0.341 e. The summed E-state index contributed by atoms with van der Waals surface area (Å²) in [7, 11) is 1.61. The van der Waals surface area contributed by atoms with Gasteiger partial charge in [0.15, 0.2) is 0 Å². The summed E-state index contributed by atoms with van der Waals surface area (Å²) in [6.45, 7) is 3.29. The van der Waals surface area contributed by atoms with Gasteiger partial charge in [-0.2, -0.15) is 0 Å². The number of benzene rings is 2. The summed E-state index contributed by atoms with van der Waals surface area (Å²) >= 11 is 0. The molecule has 1 N–H and O–H groups in total. The number of aromatic nitrogens is 2. The molecule has 4 rings (SSSR count). The number of esters is 1. The molecule has 0 radical (unpaired) electrons. The van der Waals surface area contributed by atoms with Gasteiger partial charge in [0, 0.05) is 43.0 Å². The Balaban J connectivity index is 1.46. The molecule has 1 aliphatic heterocycles. The number of nitrogens with zero attached hydrogens (tertiary/aromatic N) is 3. The third-order valence-corrected chi connectivity index (χ3v) is 6.45. The minimum atomic E-state index is -0.423. The molecule has 0 bridgehead atoms. The fourth-order valence-electron chi connectivity index (χ4n) is 4.44. The Hall–Kier alpha value is -3.94. The molecule has 2 heterocycles. The highest BCUT2D eigenvalue weighted by atomic mass is 16.5. The van der Waals surface area contributed by atoms with E-state index in [0.29, 0.717) is 37.5 Å². The van der Waals surface area contributed by atoms with Crippen LogP contribution in [0.25, 0.3) is 0 Å². The SMILES string of the molecule is CCOC(=O)c1cnc(CC2(c3ccccc3)CCN(C(=O)Nc3ccc(OC)cc3)CC2)nc1. The monoisotopic (exact) mass is 474 g/mol. The van der Waals surface area contributed by atoms with Crippen LogP contribution in [0.4, 0.5) is 10.5 Å². The average molecular weight is 475 g/mol. The van der Waals surface area contributed by atoms with Crippen LogP contribution < -0.4 is 10.1 Å². The van der Waals surface area contributed by atoms with Crippen molar-refractivity contribution in [2.24, 2.45) is 0 Å². The summed E-state index contributed by atoms with van der Waals surface area (Å²) in [6.07, 6.45) is 5.22. The number of ether oxygens (including phenoxy) is 2. The molecule has 0 unspecified atom stereocenters. The van der Waals surface area contributed by atoms with E-state index in [1.165, 1.54) is 18.0 Å². The third-order valence-electron chi connectivity index (χ3n) is 6.45. The Morgan fingerprint density at radius 2 is 1.66 bits per heavy atom. The maximum atomic E-state index is 12.9. The van der Waals surface area contributed by atoms with Gasteiger partial charge in [0.2, 0.25) is 0 Å². The standard InChI is InChI=1S/C27H30N4O4/c1-3-35-25(32)20-18-28-24(29-19-20)17-27(21-7-5-4-6-8-21)13-15-31(16-14-27)26(33)30-22-9-11-23(34-2)12-10-22/h4-12,18-19H,3,13-17H2,1-2H3,(H,30,33). The second kappa shape index (κ2) is 11.0. The molecule has 8 heteroatoms. The lowest BCUT2D eigenvalue weighted by molar-refractivity contribution is 0.0525. The lowest BCUT2D eigenvalue weighted by Crippen LogP contribution is -2.47. The van der Waals surface area contributed by atoms with E-state index >= 15 is 0 Å². The fourth-order valence-corrected chi connectivity index (χ4v) is 4.44. The zero-order valence-corrected chi connectivity index (χ0v) is 20.1. The van der Waals surface area contributed by atoms with Gasteiger partial charge in [-0.15, -0.1) is 0 Å². The Kier molecular flexibility index (Phi) is 7.60. The molecule has 2 amide bonds. The van der Waals surface area contributed by atoms with Crippen LogP contribution in [0.1, 0.15) is 41.5 Å². The summed E-state index contributed by atoms with van der Waals surface area (Å²) in [5, 5.41) is 2.97. The zero-order valence-electron chi connectivity index (χ0n) is 20.1. The van der Waals surface area contributed by atoms with Crippen molar-refractivity contribution in [1.82, 2.24) is 14.9 Å². The van der Waals surface area contributed by atoms with E-state index in [-0.39, 0.29) is 11.4 Å². The van der Waals surface area contributed by atoms with Crippen LogP contribution in [0, 0.1) is 0 Å². The van der Waals surface area contributed by atoms with Gasteiger partial charge in [0.05, 0.1) is 19.3 Å². The van der Waals surface area contributed by atoms with Crippen LogP contribution in [0.5, 0.6) is 5.75 Å². The van der Waals surface area contributed by atoms with Crippen LogP contribution in [0.15, 0.2) is 67.0 Å². The first-order chi connectivity index (χ1) is 17.0. The van der Waals surface area contributed by atoms with Gasteiger partial charge in [-0.1, -0.05) is 30.3 Å². The van der Waals surface area contributed by atoms with Crippen LogP contribution in [-0.4, -0.2) is 53.7 Å². The first kappa shape index (κ1) is 24.2. The molecule has 1 saturated heterocycles. The number of hydrogen-bond acceptors (Lipinski definition) is 6. The number of carbonyl (C=O) groups excluding carboxylic acids is 2. The lowest BCUT2D eigenvalue weighted by atomic mass is 9.70. The molecule has 0 spiro atoms. The van der Waals surface area contributed by atoms with Crippen molar-refractivity contribution >= 4 is 17.7 Å². The minimum absolute atomic E-state index is 0.119. The van der Waals surface area contributed by atoms with Gasteiger partial charge in [0.1, 0.15) is 11.6 Å². The first-order valence-electron chi connectivity index (χ1n) is 11.8. The number of rotatable bonds is 7. The van der Waals surface area contributed by atoms with Gasteiger partial charge in [0.25, 0.3) is 0 Å². The lowest BCUT2D eigenvalue weighted by Gasteiger charge is -2.42. The van der Waals surface area contributed by atoms with E-state index in [1.54, 1.807) is 14.0 Å². The van der Waals surface area contributed by atoms with E-state index in [2.05, 4.69) is 27.4 Å². The van der Waals surface area contributed by atoms with Crippen LogP contribution in [0.3, 0.4) is 0 Å². The van der Waals surface area contributed by atoms with Gasteiger partial charge in [-0.25, -0.2) is 19.6 Å². The Bertz CT molecular complexity index is 1130. The largest absolute Gasteiger partial charge is 0.497 e. The Morgan fingerprint density at radius 1 is 1.00 bits per heavy atom. The topological polar surface area (TPSA) is 93.7 Å². The van der Waals surface area contributed by atoms with E-state index in [4.69, 9.17) is 9.47 Å². The maximum absolute atomic E-state index is 12.9. The molecule has 182 valence electrons. The summed E-state index contributed by atoms with van der Waals surface area (Å²) in [5.41, 5.74) is 2.07. The summed E-state index contributed by atoms with van der Waals surface area (Å²) in [4.78, 5) is 35.6. The van der Waals surface area contributed by atoms with Gasteiger partial charge < -0.3 is 19.7 Å². The molecule has 0 atom stereocenters. The molecular weight excluding hydrogens is 444 g/mol. The minimum Gasteiger partial charge on any atom is -0.497 e. The molecule has 8 nitrogen and oxygen atoms in total. The van der Waals surface area contributed by atoms with Crippen molar-refractivity contribution in [3.05, 3.63) is 83.9 Å². The molecule has 3 aromatic rings. The van der Waals surface area contributed by atoms with Crippen LogP contribution >= 0.6 is 0 Å². The summed E-state index contributed by atoms with van der Waals surface area (Å²) < 4.78 is 10.2. The second-order valence-corrected chi connectivity index (χ2v) is 8.58. The van der Waals surface area contributed by atoms with Crippen molar-refractivity contribution < 1.29 is 19.1 Å². The molecule has 0 saturated carbocycles. The number of nitrogens with one attached hydrogen (secondary N) is 1. The van der Waals surface area contributed by atoms with E-state index in [9.17, 15) is 9.59 Å². The van der Waals surface area contributed by atoms with E-state index in [1.807, 2.05) is 47.4 Å². The molecular formula is C27H30N4O4. The quantitative estimate of drug-likeness (QED) is 0.508. The van der Waals surface area contributed by atoms with Gasteiger partial charge in [-0.05, 0) is 49.6 Å². The fraction of sp³-hybridized carbons (Fsp3) is 0.333. The van der Waals surface area contributed by atoms with Crippen molar-refractivity contribution in [3.63, 3.8) is 0 Å². The molecule has 0 aliphatic carbocycles. The Labute approximate surface area is 205 Å². The number of carbonyl (C=O) groups is 2. The predicted molar refractivity (Wildman–Crippen MR) is 133 cm³/mol. The number of hydrogen-bond donors (Lipinski definition) is 1. The number of urea groups is 1. The molecule has 1 fully saturated rings. The van der Waals surface area contributed by atoms with Crippen molar-refractivity contribution in [2.45, 2.75) is 31.6 Å². The molecule has 1 aliphatic rings. The highest BCUT2D eigenvalue weighted by molar-refractivity contribution is 5.89. The van der Waals surface area contributed by atoms with E-state index in [0.717, 1.165) is 24.3 Å². The highest BCUT2D eigenvalue weighted by Crippen LogP contribution is 2.38. The number of piperidine rings is 1. The van der Waals surface area contributed by atoms with Crippen LogP contribution in [-0.2, 0) is 16.6 Å². The van der Waals surface area contributed by atoms with Crippen molar-refractivity contribution in [3.8, 4) is 5.75 Å². The highest BCUT2D eigenvalue weighted by Gasteiger charge is 2.38. The normalized spacial score (nSPS) is 14.7. The molecule has 1 aromatic heterocycles. The second-order valence-electron chi connectivity index (χ2n) is 8.58. The van der Waals surface area contributed by atoms with E-state index < -0.39 is 5.97 Å². The van der Waals surface area contributed by atoms with Crippen molar-refractivity contribution in [1.29, 1.82) is 0 Å². The predicted octanol–water partition coefficient (Wildman–Crippen LogP) is 4.47. The number of methoxy groups -OCH3 is 1. The Morgan fingerprint density at radius 3 is 2.26 bits per heavy atom. The molecule has 2 aromatic carbocycles. The summed E-state index contributed by atoms with van der Waals surface area (Å²) in [6, 6.07) is 17.5. The number of amides is 2. The molecule has 35 heavy (non-hydrogen) atoms. The summed E-state index contributed by atoms with van der Waals surface area (Å²) in [5.74, 6) is 0.983. The van der Waals surface area contributed by atoms with Gasteiger partial charge in [-0.3, -0.25) is 0 Å². The van der Waals surface area contributed by atoms with Crippen molar-refractivity contribution in [2.75, 3.05) is 32.1 Å². The number of anilines is 1. The van der Waals surface area contributed by atoms with Crippen LogP contribution in [0.2, 0.25) is 0 Å². The smallest absolute Gasteiger partial charge is 0.341 e. The number of likely N-dealkylation sites (tertiary alicyclic amines) is 1. The van der Waals surface area contributed by atoms with Gasteiger partial charge >= 0.3 is 12.0 Å². The first-order valence-corrected chi connectivity index (χ1v) is 11.8. The zero-order chi connectivity index (χ0) is 24.7. The third kappa shape index (κ3) is 5.77. The average Bonchev–Trinajstić information content (AvgIpc) is 2.90.